The van der Waals surface area contributed by atoms with Gasteiger partial charge in [0.25, 0.3) is 0 Å². The molecule has 0 saturated heterocycles. The summed E-state index contributed by atoms with van der Waals surface area (Å²) in [5.74, 6) is 7.34. The molecule has 3 rings (SSSR count). The number of aliphatic hydroxyl groups excluding tert-OH is 1. The molecular formula is C22H34O2. The lowest BCUT2D eigenvalue weighted by molar-refractivity contribution is -0.0127. The van der Waals surface area contributed by atoms with E-state index >= 15 is 0 Å². The lowest BCUT2D eigenvalue weighted by atomic mass is 9.56. The van der Waals surface area contributed by atoms with Gasteiger partial charge in [0.1, 0.15) is 5.60 Å². The molecule has 0 aromatic carbocycles. The summed E-state index contributed by atoms with van der Waals surface area (Å²) in [7, 11) is 0. The van der Waals surface area contributed by atoms with Gasteiger partial charge in [0.05, 0.1) is 6.10 Å². The summed E-state index contributed by atoms with van der Waals surface area (Å²) in [6.07, 6.45) is 13.7. The molecule has 134 valence electrons. The summed E-state index contributed by atoms with van der Waals surface area (Å²) >= 11 is 0. The van der Waals surface area contributed by atoms with Crippen molar-refractivity contribution in [1.82, 2.24) is 0 Å². The molecule has 24 heavy (non-hydrogen) atoms. The fourth-order valence-electron chi connectivity index (χ4n) is 5.51. The maximum absolute atomic E-state index is 10.5. The van der Waals surface area contributed by atoms with E-state index in [1.165, 1.54) is 18.4 Å². The Morgan fingerprint density at radius 2 is 1.92 bits per heavy atom. The molecule has 2 nitrogen and oxygen atoms in total. The third-order valence-corrected chi connectivity index (χ3v) is 6.92. The van der Waals surface area contributed by atoms with Gasteiger partial charge in [-0.25, -0.2) is 0 Å². The summed E-state index contributed by atoms with van der Waals surface area (Å²) in [6.45, 7) is 4.64. The zero-order valence-electron chi connectivity index (χ0n) is 15.5. The molecule has 2 saturated carbocycles. The van der Waals surface area contributed by atoms with Crippen molar-refractivity contribution in [3.05, 3.63) is 11.6 Å². The molecule has 0 heterocycles. The third kappa shape index (κ3) is 3.58. The van der Waals surface area contributed by atoms with Crippen LogP contribution in [0, 0.1) is 29.1 Å². The second kappa shape index (κ2) is 7.22. The monoisotopic (exact) mass is 330 g/mol. The lowest BCUT2D eigenvalue weighted by Crippen LogP contribution is -2.44. The van der Waals surface area contributed by atoms with Crippen LogP contribution in [0.1, 0.15) is 84.5 Å². The van der Waals surface area contributed by atoms with Crippen molar-refractivity contribution in [3.8, 4) is 11.8 Å². The van der Waals surface area contributed by atoms with Gasteiger partial charge in [0, 0.05) is 6.42 Å². The van der Waals surface area contributed by atoms with Gasteiger partial charge in [-0.15, -0.1) is 0 Å². The molecule has 0 spiro atoms. The SMILES string of the molecule is CC(CC#CC1(O)CCCCC1)C1=CCC[C@H]2[C@@H](O)CCC[C@]12C. The summed E-state index contributed by atoms with van der Waals surface area (Å²) in [5, 5.41) is 21.0. The Hall–Kier alpha value is -0.780. The molecular weight excluding hydrogens is 296 g/mol. The van der Waals surface area contributed by atoms with Crippen LogP contribution in [-0.4, -0.2) is 21.9 Å². The maximum Gasteiger partial charge on any atom is 0.125 e. The van der Waals surface area contributed by atoms with Crippen LogP contribution in [0.2, 0.25) is 0 Å². The molecule has 0 aromatic rings. The average molecular weight is 331 g/mol. The van der Waals surface area contributed by atoms with Crippen LogP contribution in [0.5, 0.6) is 0 Å². The van der Waals surface area contributed by atoms with E-state index in [0.29, 0.717) is 11.8 Å². The normalized spacial score (nSPS) is 36.8. The predicted octanol–water partition coefficient (Wildman–Crippen LogP) is 4.60. The van der Waals surface area contributed by atoms with Crippen molar-refractivity contribution < 1.29 is 10.2 Å². The smallest absolute Gasteiger partial charge is 0.125 e. The molecule has 2 fully saturated rings. The number of hydrogen-bond acceptors (Lipinski definition) is 2. The van der Waals surface area contributed by atoms with Crippen molar-refractivity contribution in [3.63, 3.8) is 0 Å². The Balaban J connectivity index is 1.68. The molecule has 0 bridgehead atoms. The van der Waals surface area contributed by atoms with Crippen molar-refractivity contribution >= 4 is 0 Å². The van der Waals surface area contributed by atoms with Crippen molar-refractivity contribution in [2.45, 2.75) is 96.2 Å². The zero-order valence-corrected chi connectivity index (χ0v) is 15.5. The van der Waals surface area contributed by atoms with Gasteiger partial charge in [-0.2, -0.15) is 0 Å². The third-order valence-electron chi connectivity index (χ3n) is 6.92. The Bertz CT molecular complexity index is 532. The first-order valence-electron chi connectivity index (χ1n) is 10.1. The van der Waals surface area contributed by atoms with Crippen LogP contribution in [0.15, 0.2) is 11.6 Å². The molecule has 2 heteroatoms. The topological polar surface area (TPSA) is 40.5 Å². The lowest BCUT2D eigenvalue weighted by Gasteiger charge is -2.50. The first-order chi connectivity index (χ1) is 11.4. The second-order valence-corrected chi connectivity index (χ2v) is 8.72. The Morgan fingerprint density at radius 1 is 1.17 bits per heavy atom. The Labute approximate surface area is 147 Å². The molecule has 1 unspecified atom stereocenters. The highest BCUT2D eigenvalue weighted by Gasteiger charge is 2.46. The Morgan fingerprint density at radius 3 is 2.67 bits per heavy atom. The van der Waals surface area contributed by atoms with Gasteiger partial charge in [-0.3, -0.25) is 0 Å². The number of rotatable bonds is 2. The number of fused-ring (bicyclic) bond motifs is 1. The molecule has 0 amide bonds. The summed E-state index contributed by atoms with van der Waals surface area (Å²) in [5.41, 5.74) is 0.938. The minimum absolute atomic E-state index is 0.131. The molecule has 0 aliphatic heterocycles. The van der Waals surface area contributed by atoms with Gasteiger partial charge in [0.15, 0.2) is 0 Å². The van der Waals surface area contributed by atoms with Crippen LogP contribution in [0.25, 0.3) is 0 Å². The fraction of sp³-hybridized carbons (Fsp3) is 0.818. The van der Waals surface area contributed by atoms with E-state index in [0.717, 1.165) is 57.8 Å². The standard InChI is InChI=1S/C22H34O2/c1-17(9-7-16-22(24)14-4-3-5-15-22)18-10-6-11-19-20(23)12-8-13-21(18,19)2/h10,17,19-20,23-24H,3-6,8-9,11-15H2,1-2H3/t17?,19-,20-,21+/m0/s1. The number of aliphatic hydroxyl groups is 2. The van der Waals surface area contributed by atoms with E-state index in [4.69, 9.17) is 0 Å². The Kier molecular flexibility index (Phi) is 5.42. The van der Waals surface area contributed by atoms with Crippen molar-refractivity contribution in [1.29, 1.82) is 0 Å². The van der Waals surface area contributed by atoms with E-state index in [1.54, 1.807) is 0 Å². The first kappa shape index (κ1) is 18.0. The van der Waals surface area contributed by atoms with Crippen molar-refractivity contribution in [2.24, 2.45) is 17.3 Å². The van der Waals surface area contributed by atoms with E-state index in [-0.39, 0.29) is 11.5 Å². The quantitative estimate of drug-likeness (QED) is 0.574. The molecule has 4 atom stereocenters. The summed E-state index contributed by atoms with van der Waals surface area (Å²) < 4.78 is 0. The van der Waals surface area contributed by atoms with E-state index in [2.05, 4.69) is 31.8 Å². The van der Waals surface area contributed by atoms with Gasteiger partial charge >= 0.3 is 0 Å². The minimum Gasteiger partial charge on any atom is -0.393 e. The molecule has 0 aromatic heterocycles. The average Bonchev–Trinajstić information content (AvgIpc) is 2.54. The zero-order chi connectivity index (χ0) is 17.2. The second-order valence-electron chi connectivity index (χ2n) is 8.72. The van der Waals surface area contributed by atoms with E-state index in [9.17, 15) is 10.2 Å². The van der Waals surface area contributed by atoms with Crippen LogP contribution >= 0.6 is 0 Å². The highest BCUT2D eigenvalue weighted by atomic mass is 16.3. The van der Waals surface area contributed by atoms with Crippen LogP contribution < -0.4 is 0 Å². The van der Waals surface area contributed by atoms with E-state index in [1.807, 2.05) is 0 Å². The van der Waals surface area contributed by atoms with Gasteiger partial charge in [-0.05, 0) is 75.0 Å². The number of allylic oxidation sites excluding steroid dienone is 2. The molecule has 2 N–H and O–H groups in total. The molecule has 3 aliphatic rings. The molecule has 3 aliphatic carbocycles. The maximum atomic E-state index is 10.5. The van der Waals surface area contributed by atoms with Gasteiger partial charge in [-0.1, -0.05) is 43.8 Å². The number of hydrogen-bond donors (Lipinski definition) is 2. The predicted molar refractivity (Wildman–Crippen MR) is 98.4 cm³/mol. The van der Waals surface area contributed by atoms with Crippen LogP contribution in [-0.2, 0) is 0 Å². The largest absolute Gasteiger partial charge is 0.393 e. The fourth-order valence-corrected chi connectivity index (χ4v) is 5.51. The molecule has 0 radical (unpaired) electrons. The van der Waals surface area contributed by atoms with Gasteiger partial charge in [0.2, 0.25) is 0 Å². The summed E-state index contributed by atoms with van der Waals surface area (Å²) in [4.78, 5) is 0. The van der Waals surface area contributed by atoms with E-state index < -0.39 is 5.60 Å². The minimum atomic E-state index is -0.730. The van der Waals surface area contributed by atoms with Crippen molar-refractivity contribution in [2.75, 3.05) is 0 Å². The van der Waals surface area contributed by atoms with Gasteiger partial charge < -0.3 is 10.2 Å². The van der Waals surface area contributed by atoms with Crippen LogP contribution in [0.4, 0.5) is 0 Å². The highest BCUT2D eigenvalue weighted by molar-refractivity contribution is 5.25. The highest BCUT2D eigenvalue weighted by Crippen LogP contribution is 2.53. The van der Waals surface area contributed by atoms with Crippen LogP contribution in [0.3, 0.4) is 0 Å². The summed E-state index contributed by atoms with van der Waals surface area (Å²) in [6, 6.07) is 0. The first-order valence-corrected chi connectivity index (χ1v) is 10.1.